The van der Waals surface area contributed by atoms with Crippen molar-refractivity contribution in [2.75, 3.05) is 6.61 Å². The summed E-state index contributed by atoms with van der Waals surface area (Å²) in [4.78, 5) is 42.5. The number of nitrogens with zero attached hydrogens (tertiary/aromatic N) is 3. The summed E-state index contributed by atoms with van der Waals surface area (Å²) in [5.41, 5.74) is 1.49. The summed E-state index contributed by atoms with van der Waals surface area (Å²) in [5.74, 6) is -0.886. The Bertz CT molecular complexity index is 1720. The lowest BCUT2D eigenvalue weighted by molar-refractivity contribution is -0.402. The molecule has 11 heteroatoms. The van der Waals surface area contributed by atoms with Gasteiger partial charge in [-0.2, -0.15) is 0 Å². The number of nitro groups is 1. The quantitative estimate of drug-likeness (QED) is 0.208. The number of aromatic nitrogens is 1. The molecule has 0 spiro atoms. The number of ether oxygens (including phenoxy) is 1. The number of hydrogen-bond acceptors (Lipinski definition) is 8. The van der Waals surface area contributed by atoms with Gasteiger partial charge in [0.25, 0.3) is 5.56 Å². The average molecular weight is 536 g/mol. The van der Waals surface area contributed by atoms with Gasteiger partial charge in [-0.05, 0) is 30.7 Å². The molecule has 5 rings (SSSR count). The summed E-state index contributed by atoms with van der Waals surface area (Å²) in [7, 11) is 0. The van der Waals surface area contributed by atoms with Gasteiger partial charge in [-0.3, -0.25) is 19.5 Å². The first-order valence-corrected chi connectivity index (χ1v) is 12.3. The van der Waals surface area contributed by atoms with Gasteiger partial charge in [0, 0.05) is 16.7 Å². The van der Waals surface area contributed by atoms with Crippen molar-refractivity contribution in [2.24, 2.45) is 4.99 Å². The highest BCUT2D eigenvalue weighted by molar-refractivity contribution is 7.07. The maximum absolute atomic E-state index is 13.7. The molecule has 186 valence electrons. The van der Waals surface area contributed by atoms with Gasteiger partial charge in [0.2, 0.25) is 0 Å². The van der Waals surface area contributed by atoms with Gasteiger partial charge in [-0.15, -0.1) is 0 Å². The van der Waals surface area contributed by atoms with Crippen molar-refractivity contribution in [2.45, 2.75) is 13.0 Å². The van der Waals surface area contributed by atoms with Crippen molar-refractivity contribution < 1.29 is 18.9 Å². The molecule has 37 heavy (non-hydrogen) atoms. The first-order valence-electron chi connectivity index (χ1n) is 11.2. The second-order valence-corrected chi connectivity index (χ2v) is 9.36. The van der Waals surface area contributed by atoms with Gasteiger partial charge in [-0.1, -0.05) is 65.4 Å². The van der Waals surface area contributed by atoms with Crippen molar-refractivity contribution in [1.82, 2.24) is 4.57 Å². The van der Waals surface area contributed by atoms with Crippen LogP contribution in [0.5, 0.6) is 0 Å². The summed E-state index contributed by atoms with van der Waals surface area (Å²) >= 11 is 7.21. The molecule has 0 amide bonds. The highest BCUT2D eigenvalue weighted by Gasteiger charge is 2.35. The minimum absolute atomic E-state index is 0.138. The largest absolute Gasteiger partial charge is 0.463 e. The molecule has 4 aromatic rings. The number of fused-ring (bicyclic) bond motifs is 1. The number of benzene rings is 2. The molecule has 0 saturated heterocycles. The molecular weight excluding hydrogens is 518 g/mol. The molecule has 0 bridgehead atoms. The maximum Gasteiger partial charge on any atom is 0.433 e. The Morgan fingerprint density at radius 1 is 1.19 bits per heavy atom. The van der Waals surface area contributed by atoms with Gasteiger partial charge in [-0.25, -0.2) is 9.79 Å². The molecule has 2 aromatic carbocycles. The fourth-order valence-corrected chi connectivity index (χ4v) is 5.15. The van der Waals surface area contributed by atoms with E-state index in [1.807, 2.05) is 30.3 Å². The minimum atomic E-state index is -0.851. The van der Waals surface area contributed by atoms with Crippen molar-refractivity contribution in [3.8, 4) is 0 Å². The van der Waals surface area contributed by atoms with E-state index in [-0.39, 0.29) is 22.5 Å². The Labute approximate surface area is 218 Å². The summed E-state index contributed by atoms with van der Waals surface area (Å²) in [6.07, 6.45) is 1.42. The van der Waals surface area contributed by atoms with E-state index in [1.165, 1.54) is 22.8 Å². The Balaban J connectivity index is 1.80. The number of rotatable bonds is 6. The van der Waals surface area contributed by atoms with Gasteiger partial charge in [0.05, 0.1) is 34.5 Å². The smallest absolute Gasteiger partial charge is 0.433 e. The van der Waals surface area contributed by atoms with Crippen LogP contribution in [0.3, 0.4) is 0 Å². The lowest BCUT2D eigenvalue weighted by Crippen LogP contribution is -2.39. The van der Waals surface area contributed by atoms with E-state index in [0.717, 1.165) is 11.3 Å². The third kappa shape index (κ3) is 4.64. The van der Waals surface area contributed by atoms with E-state index in [9.17, 15) is 19.7 Å². The molecule has 0 saturated carbocycles. The summed E-state index contributed by atoms with van der Waals surface area (Å²) in [5, 5.41) is 11.5. The maximum atomic E-state index is 13.7. The molecule has 0 radical (unpaired) electrons. The third-order valence-corrected chi connectivity index (χ3v) is 6.86. The van der Waals surface area contributed by atoms with Crippen LogP contribution in [0.25, 0.3) is 11.8 Å². The number of esters is 1. The molecule has 1 aliphatic heterocycles. The zero-order chi connectivity index (χ0) is 26.1. The number of furan rings is 1. The van der Waals surface area contributed by atoms with Crippen LogP contribution in [0.1, 0.15) is 29.9 Å². The highest BCUT2D eigenvalue weighted by atomic mass is 35.5. The summed E-state index contributed by atoms with van der Waals surface area (Å²) in [6, 6.07) is 17.8. The van der Waals surface area contributed by atoms with Crippen molar-refractivity contribution in [3.63, 3.8) is 0 Å². The van der Waals surface area contributed by atoms with Crippen molar-refractivity contribution in [1.29, 1.82) is 0 Å². The average Bonchev–Trinajstić information content (AvgIpc) is 3.49. The molecule has 9 nitrogen and oxygen atoms in total. The Kier molecular flexibility index (Phi) is 6.60. The second kappa shape index (κ2) is 10.00. The lowest BCUT2D eigenvalue weighted by atomic mass is 9.93. The monoisotopic (exact) mass is 535 g/mol. The van der Waals surface area contributed by atoms with Gasteiger partial charge < -0.3 is 9.15 Å². The van der Waals surface area contributed by atoms with Gasteiger partial charge in [0.15, 0.2) is 4.80 Å². The molecule has 0 aliphatic carbocycles. The number of carbonyl (C=O) groups excluding carboxylic acids is 1. The molecule has 0 N–H and O–H groups in total. The lowest BCUT2D eigenvalue weighted by Gasteiger charge is -2.25. The fraction of sp³-hybridized carbons (Fsp3) is 0.115. The standard InChI is InChI=1S/C26H18ClN3O6S/c1-2-35-25(32)21-22(15-6-4-3-5-7-15)28-26-29(23(21)16-8-10-17(27)11-9-16)24(31)19(37-26)14-18-12-13-20(36-18)30(33)34/h3-14,23H,2H2,1H3/b19-14-. The van der Waals surface area contributed by atoms with E-state index in [0.29, 0.717) is 26.6 Å². The summed E-state index contributed by atoms with van der Waals surface area (Å²) < 4.78 is 12.3. The Morgan fingerprint density at radius 3 is 2.57 bits per heavy atom. The third-order valence-electron chi connectivity index (χ3n) is 5.63. The van der Waals surface area contributed by atoms with Crippen LogP contribution in [0.2, 0.25) is 5.02 Å². The molecular formula is C26H18ClN3O6S. The van der Waals surface area contributed by atoms with Crippen LogP contribution in [0, 0.1) is 10.1 Å². The molecule has 1 atom stereocenters. The molecule has 3 heterocycles. The first-order chi connectivity index (χ1) is 17.9. The topological polar surface area (TPSA) is 117 Å². The number of carbonyl (C=O) groups is 1. The molecule has 1 aliphatic rings. The number of hydrogen-bond donors (Lipinski definition) is 0. The van der Waals surface area contributed by atoms with E-state index in [2.05, 4.69) is 0 Å². The van der Waals surface area contributed by atoms with Gasteiger partial charge in [0.1, 0.15) is 10.7 Å². The van der Waals surface area contributed by atoms with Crippen LogP contribution >= 0.6 is 22.9 Å². The van der Waals surface area contributed by atoms with E-state index in [4.69, 9.17) is 25.7 Å². The van der Waals surface area contributed by atoms with E-state index in [1.54, 1.807) is 31.2 Å². The van der Waals surface area contributed by atoms with Crippen LogP contribution in [-0.4, -0.2) is 22.1 Å². The number of thiazole rings is 1. The predicted molar refractivity (Wildman–Crippen MR) is 138 cm³/mol. The Morgan fingerprint density at radius 2 is 1.92 bits per heavy atom. The minimum Gasteiger partial charge on any atom is -0.463 e. The normalized spacial score (nSPS) is 15.3. The molecule has 0 fully saturated rings. The van der Waals surface area contributed by atoms with Gasteiger partial charge >= 0.3 is 11.9 Å². The highest BCUT2D eigenvalue weighted by Crippen LogP contribution is 2.35. The number of halogens is 1. The van der Waals surface area contributed by atoms with E-state index >= 15 is 0 Å². The predicted octanol–water partition coefficient (Wildman–Crippen LogP) is 4.09. The van der Waals surface area contributed by atoms with Crippen molar-refractivity contribution in [3.05, 3.63) is 124 Å². The molecule has 2 aromatic heterocycles. The van der Waals surface area contributed by atoms with E-state index < -0.39 is 28.4 Å². The summed E-state index contributed by atoms with van der Waals surface area (Å²) in [6.45, 7) is 1.84. The van der Waals surface area contributed by atoms with Crippen LogP contribution in [0.15, 0.2) is 86.5 Å². The van der Waals surface area contributed by atoms with Crippen LogP contribution in [0.4, 0.5) is 5.88 Å². The van der Waals surface area contributed by atoms with Crippen LogP contribution < -0.4 is 14.9 Å². The van der Waals surface area contributed by atoms with Crippen LogP contribution in [-0.2, 0) is 9.53 Å². The zero-order valence-electron chi connectivity index (χ0n) is 19.3. The molecule has 1 unspecified atom stereocenters. The van der Waals surface area contributed by atoms with Crippen molar-refractivity contribution >= 4 is 46.6 Å². The Hall–Kier alpha value is -4.28. The SMILES string of the molecule is CCOC(=O)C1=C(c2ccccc2)N=c2s/c(=C\c3ccc([N+](=O)[O-])o3)c(=O)n2C1c1ccc(Cl)cc1. The first kappa shape index (κ1) is 24.4. The second-order valence-electron chi connectivity index (χ2n) is 7.92. The fourth-order valence-electron chi connectivity index (χ4n) is 4.05. The zero-order valence-corrected chi connectivity index (χ0v) is 20.9.